The fourth-order valence-corrected chi connectivity index (χ4v) is 3.82. The van der Waals surface area contributed by atoms with Crippen LogP contribution in [0.4, 0.5) is 0 Å². The number of ether oxygens (including phenoxy) is 1. The number of nitrogens with one attached hydrogen (secondary N) is 1. The van der Waals surface area contributed by atoms with Crippen LogP contribution in [-0.4, -0.2) is 35.9 Å². The molecule has 3 aromatic rings. The van der Waals surface area contributed by atoms with E-state index >= 15 is 0 Å². The largest absolute Gasteiger partial charge is 0.484 e. The zero-order chi connectivity index (χ0) is 23.6. The van der Waals surface area contributed by atoms with Crippen LogP contribution in [0.1, 0.15) is 23.6 Å². The molecule has 1 atom stereocenters. The van der Waals surface area contributed by atoms with Crippen LogP contribution in [0.3, 0.4) is 0 Å². The second-order valence-corrected chi connectivity index (χ2v) is 8.29. The molecule has 0 aliphatic carbocycles. The topological polar surface area (TPSA) is 58.6 Å². The number of rotatable bonds is 10. The number of amides is 2. The molecule has 1 N–H and O–H groups in total. The highest BCUT2D eigenvalue weighted by Gasteiger charge is 2.30. The summed E-state index contributed by atoms with van der Waals surface area (Å²) in [5.74, 6) is 0.0396. The molecule has 0 aliphatic heterocycles. The van der Waals surface area contributed by atoms with Gasteiger partial charge in [-0.2, -0.15) is 0 Å². The standard InChI is InChI=1S/C27H29ClN2O3/c1-3-29-27(32)25(16-21-10-5-4-6-11-21)30(18-22-12-7-9-20(2)15-22)26(31)19-33-24-14-8-13-23(28)17-24/h4-15,17,25H,3,16,18-19H2,1-2H3,(H,29,32)/t25-/m0/s1. The number of likely N-dealkylation sites (N-methyl/N-ethyl adjacent to an activating group) is 1. The number of carbonyl (C=O) groups is 2. The normalized spacial score (nSPS) is 11.5. The third kappa shape index (κ3) is 7.36. The van der Waals surface area contributed by atoms with Gasteiger partial charge in [-0.3, -0.25) is 9.59 Å². The molecule has 33 heavy (non-hydrogen) atoms. The van der Waals surface area contributed by atoms with E-state index in [2.05, 4.69) is 5.32 Å². The Balaban J connectivity index is 1.89. The first kappa shape index (κ1) is 24.3. The first-order chi connectivity index (χ1) is 16.0. The van der Waals surface area contributed by atoms with Crippen LogP contribution in [0.5, 0.6) is 5.75 Å². The lowest BCUT2D eigenvalue weighted by atomic mass is 10.0. The summed E-state index contributed by atoms with van der Waals surface area (Å²) in [5, 5.41) is 3.42. The van der Waals surface area contributed by atoms with Crippen molar-refractivity contribution in [1.82, 2.24) is 10.2 Å². The van der Waals surface area contributed by atoms with E-state index in [1.807, 2.05) is 68.4 Å². The maximum Gasteiger partial charge on any atom is 0.261 e. The lowest BCUT2D eigenvalue weighted by Crippen LogP contribution is -2.51. The molecule has 0 saturated carbocycles. The van der Waals surface area contributed by atoms with E-state index in [0.717, 1.165) is 16.7 Å². The smallest absolute Gasteiger partial charge is 0.261 e. The minimum Gasteiger partial charge on any atom is -0.484 e. The van der Waals surface area contributed by atoms with Gasteiger partial charge in [0.25, 0.3) is 5.91 Å². The third-order valence-corrected chi connectivity index (χ3v) is 5.45. The summed E-state index contributed by atoms with van der Waals surface area (Å²) in [4.78, 5) is 28.1. The maximum absolute atomic E-state index is 13.4. The van der Waals surface area contributed by atoms with Gasteiger partial charge < -0.3 is 15.0 Å². The van der Waals surface area contributed by atoms with Crippen LogP contribution in [0.25, 0.3) is 0 Å². The first-order valence-electron chi connectivity index (χ1n) is 11.0. The predicted octanol–water partition coefficient (Wildman–Crippen LogP) is 4.80. The second kappa shape index (κ2) is 12.1. The molecule has 3 rings (SSSR count). The summed E-state index contributed by atoms with van der Waals surface area (Å²) in [6.45, 7) is 4.45. The number of nitrogens with zero attached hydrogens (tertiary/aromatic N) is 1. The molecule has 0 heterocycles. The van der Waals surface area contributed by atoms with Gasteiger partial charge in [-0.15, -0.1) is 0 Å². The Morgan fingerprint density at radius 2 is 1.70 bits per heavy atom. The number of hydrogen-bond acceptors (Lipinski definition) is 3. The zero-order valence-corrected chi connectivity index (χ0v) is 19.7. The van der Waals surface area contributed by atoms with Crippen molar-refractivity contribution < 1.29 is 14.3 Å². The minimum atomic E-state index is -0.677. The van der Waals surface area contributed by atoms with Gasteiger partial charge in [0, 0.05) is 24.5 Å². The quantitative estimate of drug-likeness (QED) is 0.468. The number of hydrogen-bond donors (Lipinski definition) is 1. The van der Waals surface area contributed by atoms with Crippen LogP contribution in [0.2, 0.25) is 5.02 Å². The van der Waals surface area contributed by atoms with Gasteiger partial charge in [0.1, 0.15) is 11.8 Å². The third-order valence-electron chi connectivity index (χ3n) is 5.22. The fraction of sp³-hybridized carbons (Fsp3) is 0.259. The summed E-state index contributed by atoms with van der Waals surface area (Å²) >= 11 is 6.03. The van der Waals surface area contributed by atoms with Crippen LogP contribution in [0, 0.1) is 6.92 Å². The Kier molecular flexibility index (Phi) is 8.90. The van der Waals surface area contributed by atoms with Gasteiger partial charge in [-0.25, -0.2) is 0 Å². The van der Waals surface area contributed by atoms with Gasteiger partial charge in [-0.1, -0.05) is 77.8 Å². The van der Waals surface area contributed by atoms with Crippen molar-refractivity contribution >= 4 is 23.4 Å². The Bertz CT molecular complexity index is 1070. The van der Waals surface area contributed by atoms with Crippen molar-refractivity contribution in [2.24, 2.45) is 0 Å². The van der Waals surface area contributed by atoms with Crippen molar-refractivity contribution in [3.05, 3.63) is 101 Å². The van der Waals surface area contributed by atoms with Crippen molar-refractivity contribution in [1.29, 1.82) is 0 Å². The number of benzene rings is 3. The minimum absolute atomic E-state index is 0.190. The zero-order valence-electron chi connectivity index (χ0n) is 19.0. The van der Waals surface area contributed by atoms with Gasteiger partial charge >= 0.3 is 0 Å². The second-order valence-electron chi connectivity index (χ2n) is 7.86. The molecule has 0 aromatic heterocycles. The van der Waals surface area contributed by atoms with E-state index in [4.69, 9.17) is 16.3 Å². The Morgan fingerprint density at radius 1 is 0.970 bits per heavy atom. The van der Waals surface area contributed by atoms with E-state index in [9.17, 15) is 9.59 Å². The number of aryl methyl sites for hydroxylation is 1. The average Bonchev–Trinajstić information content (AvgIpc) is 2.80. The van der Waals surface area contributed by atoms with Crippen molar-refractivity contribution in [2.75, 3.05) is 13.2 Å². The van der Waals surface area contributed by atoms with Crippen molar-refractivity contribution in [3.63, 3.8) is 0 Å². The molecule has 0 spiro atoms. The van der Waals surface area contributed by atoms with Crippen molar-refractivity contribution in [2.45, 2.75) is 32.9 Å². The van der Waals surface area contributed by atoms with E-state index < -0.39 is 6.04 Å². The summed E-state index contributed by atoms with van der Waals surface area (Å²) in [7, 11) is 0. The molecular formula is C27H29ClN2O3. The average molecular weight is 465 g/mol. The monoisotopic (exact) mass is 464 g/mol. The Morgan fingerprint density at radius 3 is 2.39 bits per heavy atom. The van der Waals surface area contributed by atoms with E-state index in [-0.39, 0.29) is 18.4 Å². The summed E-state index contributed by atoms with van der Waals surface area (Å²) in [6, 6.07) is 23.9. The van der Waals surface area contributed by atoms with Crippen LogP contribution < -0.4 is 10.1 Å². The van der Waals surface area contributed by atoms with E-state index in [1.165, 1.54) is 0 Å². The maximum atomic E-state index is 13.4. The van der Waals surface area contributed by atoms with Gasteiger partial charge in [0.15, 0.2) is 6.61 Å². The predicted molar refractivity (Wildman–Crippen MR) is 131 cm³/mol. The van der Waals surface area contributed by atoms with Crippen molar-refractivity contribution in [3.8, 4) is 5.75 Å². The highest BCUT2D eigenvalue weighted by Crippen LogP contribution is 2.19. The molecule has 2 amide bonds. The van der Waals surface area contributed by atoms with Gasteiger partial charge in [0.05, 0.1) is 0 Å². The molecular weight excluding hydrogens is 436 g/mol. The first-order valence-corrected chi connectivity index (χ1v) is 11.4. The lowest BCUT2D eigenvalue weighted by Gasteiger charge is -2.31. The molecule has 0 bridgehead atoms. The fourth-order valence-electron chi connectivity index (χ4n) is 3.64. The molecule has 0 aliphatic rings. The summed E-state index contributed by atoms with van der Waals surface area (Å²) in [5.41, 5.74) is 3.02. The SMILES string of the molecule is CCNC(=O)[C@H](Cc1ccccc1)N(Cc1cccc(C)c1)C(=O)COc1cccc(Cl)c1. The summed E-state index contributed by atoms with van der Waals surface area (Å²) in [6.07, 6.45) is 0.404. The Labute approximate surface area is 200 Å². The van der Waals surface area contributed by atoms with Gasteiger partial charge in [0.2, 0.25) is 5.91 Å². The Hall–Kier alpha value is -3.31. The molecule has 6 heteroatoms. The van der Waals surface area contributed by atoms with E-state index in [1.54, 1.807) is 29.2 Å². The number of halogens is 1. The molecule has 0 unspecified atom stereocenters. The molecule has 3 aromatic carbocycles. The van der Waals surface area contributed by atoms with Crippen LogP contribution >= 0.6 is 11.6 Å². The highest BCUT2D eigenvalue weighted by atomic mass is 35.5. The lowest BCUT2D eigenvalue weighted by molar-refractivity contribution is -0.142. The summed E-state index contributed by atoms with van der Waals surface area (Å²) < 4.78 is 5.72. The van der Waals surface area contributed by atoms with Gasteiger partial charge in [-0.05, 0) is 43.2 Å². The molecule has 0 radical (unpaired) electrons. The number of carbonyl (C=O) groups excluding carboxylic acids is 2. The molecule has 172 valence electrons. The molecule has 0 saturated heterocycles. The van der Waals surface area contributed by atoms with Crippen LogP contribution in [0.15, 0.2) is 78.9 Å². The highest BCUT2D eigenvalue weighted by molar-refractivity contribution is 6.30. The van der Waals surface area contributed by atoms with E-state index in [0.29, 0.717) is 30.3 Å². The van der Waals surface area contributed by atoms with Crippen LogP contribution in [-0.2, 0) is 22.6 Å². The molecule has 0 fully saturated rings. The molecule has 5 nitrogen and oxygen atoms in total.